The van der Waals surface area contributed by atoms with Gasteiger partial charge in [-0.15, -0.1) is 0 Å². The lowest BCUT2D eigenvalue weighted by molar-refractivity contribution is -0.132. The summed E-state index contributed by atoms with van der Waals surface area (Å²) in [6.45, 7) is 2.01. The molecule has 0 radical (unpaired) electrons. The van der Waals surface area contributed by atoms with Crippen LogP contribution >= 0.6 is 0 Å². The monoisotopic (exact) mass is 337 g/mol. The van der Waals surface area contributed by atoms with E-state index in [1.807, 2.05) is 0 Å². The summed E-state index contributed by atoms with van der Waals surface area (Å²) in [6, 6.07) is 6.71. The minimum atomic E-state index is 0.186. The zero-order chi connectivity index (χ0) is 16.9. The molecule has 2 bridgehead atoms. The van der Waals surface area contributed by atoms with Gasteiger partial charge in [-0.25, -0.2) is 4.98 Å². The van der Waals surface area contributed by atoms with Gasteiger partial charge in [-0.05, 0) is 55.7 Å². The van der Waals surface area contributed by atoms with Gasteiger partial charge in [0.1, 0.15) is 5.65 Å². The Morgan fingerprint density at radius 1 is 1.04 bits per heavy atom. The minimum Gasteiger partial charge on any atom is -0.334 e. The number of carbonyl (C=O) groups is 1. The third-order valence-corrected chi connectivity index (χ3v) is 6.55. The van der Waals surface area contributed by atoms with Crippen LogP contribution in [0, 0.1) is 5.41 Å². The van der Waals surface area contributed by atoms with Crippen LogP contribution in [0.5, 0.6) is 0 Å². The second-order valence-electron chi connectivity index (χ2n) is 8.42. The molecular weight excluding hydrogens is 310 g/mol. The van der Waals surface area contributed by atoms with Crippen LogP contribution in [0.1, 0.15) is 69.5 Å². The SMILES string of the molecule is O=C1CCCCCCCn2ccc3ccc(nc32)C2CC3(CC3)CN12. The highest BCUT2D eigenvalue weighted by Gasteiger charge is 2.53. The molecule has 1 spiro atoms. The van der Waals surface area contributed by atoms with Gasteiger partial charge in [-0.1, -0.05) is 19.3 Å². The van der Waals surface area contributed by atoms with E-state index in [4.69, 9.17) is 4.98 Å². The Bertz CT molecular complexity index is 805. The molecule has 1 amide bonds. The minimum absolute atomic E-state index is 0.186. The predicted molar refractivity (Wildman–Crippen MR) is 98.2 cm³/mol. The van der Waals surface area contributed by atoms with Crippen molar-refractivity contribution in [1.82, 2.24) is 14.5 Å². The van der Waals surface area contributed by atoms with E-state index in [2.05, 4.69) is 33.9 Å². The zero-order valence-electron chi connectivity index (χ0n) is 14.9. The number of aromatic nitrogens is 2. The van der Waals surface area contributed by atoms with Crippen molar-refractivity contribution in [2.24, 2.45) is 5.41 Å². The number of hydrogen-bond donors (Lipinski definition) is 0. The maximum Gasteiger partial charge on any atom is 0.223 e. The Morgan fingerprint density at radius 2 is 1.88 bits per heavy atom. The van der Waals surface area contributed by atoms with Crippen LogP contribution in [0.4, 0.5) is 0 Å². The third kappa shape index (κ3) is 2.76. The molecule has 2 fully saturated rings. The van der Waals surface area contributed by atoms with Crippen molar-refractivity contribution in [3.05, 3.63) is 30.1 Å². The maximum atomic E-state index is 12.9. The molecule has 1 unspecified atom stereocenters. The van der Waals surface area contributed by atoms with E-state index in [-0.39, 0.29) is 6.04 Å². The van der Waals surface area contributed by atoms with Crippen molar-refractivity contribution in [2.75, 3.05) is 6.54 Å². The fourth-order valence-electron chi connectivity index (χ4n) is 4.79. The van der Waals surface area contributed by atoms with E-state index in [0.29, 0.717) is 17.7 Å². The molecule has 25 heavy (non-hydrogen) atoms. The van der Waals surface area contributed by atoms with Crippen molar-refractivity contribution in [1.29, 1.82) is 0 Å². The summed E-state index contributed by atoms with van der Waals surface area (Å²) in [5, 5.41) is 1.22. The van der Waals surface area contributed by atoms with E-state index < -0.39 is 0 Å². The number of amides is 1. The van der Waals surface area contributed by atoms with Crippen molar-refractivity contribution in [2.45, 2.75) is 70.4 Å². The molecule has 5 rings (SSSR count). The molecule has 0 N–H and O–H groups in total. The molecular formula is C21H27N3O. The summed E-state index contributed by atoms with van der Waals surface area (Å²) in [5.41, 5.74) is 2.60. The van der Waals surface area contributed by atoms with Gasteiger partial charge in [0.05, 0.1) is 11.7 Å². The average Bonchev–Trinajstić information content (AvgIpc) is 3.09. The second kappa shape index (κ2) is 5.86. The lowest BCUT2D eigenvalue weighted by Gasteiger charge is -2.25. The molecule has 4 heterocycles. The fraction of sp³-hybridized carbons (Fsp3) is 0.619. The maximum absolute atomic E-state index is 12.9. The first kappa shape index (κ1) is 15.4. The van der Waals surface area contributed by atoms with E-state index in [1.54, 1.807) is 0 Å². The highest BCUT2D eigenvalue weighted by atomic mass is 16.2. The summed E-state index contributed by atoms with van der Waals surface area (Å²) in [7, 11) is 0. The van der Waals surface area contributed by atoms with E-state index in [9.17, 15) is 4.79 Å². The van der Waals surface area contributed by atoms with Crippen molar-refractivity contribution >= 4 is 16.9 Å². The Balaban J connectivity index is 1.55. The smallest absolute Gasteiger partial charge is 0.223 e. The van der Waals surface area contributed by atoms with Crippen molar-refractivity contribution < 1.29 is 4.79 Å². The number of fused-ring (bicyclic) bond motifs is 3. The molecule has 4 nitrogen and oxygen atoms in total. The standard InChI is InChI=1S/C21H27N3O/c25-19-6-4-2-1-3-5-12-23-13-9-16-7-8-17(22-20(16)23)18-14-21(10-11-21)15-24(18)19/h7-9,13,18H,1-6,10-12,14-15H2. The van der Waals surface area contributed by atoms with E-state index >= 15 is 0 Å². The fourth-order valence-corrected chi connectivity index (χ4v) is 4.79. The van der Waals surface area contributed by atoms with Crippen LogP contribution < -0.4 is 0 Å². The van der Waals surface area contributed by atoms with Crippen LogP contribution in [0.25, 0.3) is 11.0 Å². The van der Waals surface area contributed by atoms with Crippen LogP contribution in [0.2, 0.25) is 0 Å². The van der Waals surface area contributed by atoms with Crippen LogP contribution in [0.15, 0.2) is 24.4 Å². The number of rotatable bonds is 0. The van der Waals surface area contributed by atoms with Gasteiger partial charge < -0.3 is 9.47 Å². The lowest BCUT2D eigenvalue weighted by atomic mass is 10.0. The quantitative estimate of drug-likeness (QED) is 0.712. The van der Waals surface area contributed by atoms with Gasteiger partial charge in [0.25, 0.3) is 0 Å². The van der Waals surface area contributed by atoms with Crippen LogP contribution in [0.3, 0.4) is 0 Å². The highest BCUT2D eigenvalue weighted by Crippen LogP contribution is 2.58. The number of hydrogen-bond acceptors (Lipinski definition) is 2. The molecule has 4 heteroatoms. The number of carbonyl (C=O) groups excluding carboxylic acids is 1. The van der Waals surface area contributed by atoms with Crippen molar-refractivity contribution in [3.8, 4) is 0 Å². The first-order valence-electron chi connectivity index (χ1n) is 9.99. The number of aryl methyl sites for hydroxylation is 1. The number of nitrogens with zero attached hydrogens (tertiary/aromatic N) is 3. The Kier molecular flexibility index (Phi) is 3.61. The summed E-state index contributed by atoms with van der Waals surface area (Å²) in [4.78, 5) is 20.1. The largest absolute Gasteiger partial charge is 0.334 e. The third-order valence-electron chi connectivity index (χ3n) is 6.55. The normalized spacial score (nSPS) is 26.2. The first-order chi connectivity index (χ1) is 12.2. The molecule has 2 aromatic rings. The molecule has 132 valence electrons. The molecule has 1 aliphatic carbocycles. The predicted octanol–water partition coefficient (Wildman–Crippen LogP) is 4.44. The van der Waals surface area contributed by atoms with Crippen molar-refractivity contribution in [3.63, 3.8) is 0 Å². The van der Waals surface area contributed by atoms with Crippen LogP contribution in [-0.2, 0) is 11.3 Å². The van der Waals surface area contributed by atoms with Gasteiger partial charge >= 0.3 is 0 Å². The van der Waals surface area contributed by atoms with E-state index in [1.165, 1.54) is 43.9 Å². The first-order valence-corrected chi connectivity index (χ1v) is 9.99. The summed E-state index contributed by atoms with van der Waals surface area (Å²) >= 11 is 0. The zero-order valence-corrected chi connectivity index (χ0v) is 14.9. The molecule has 1 saturated heterocycles. The number of pyridine rings is 1. The van der Waals surface area contributed by atoms with Crippen LogP contribution in [-0.4, -0.2) is 26.9 Å². The molecule has 3 aliphatic rings. The lowest BCUT2D eigenvalue weighted by Crippen LogP contribution is -2.31. The van der Waals surface area contributed by atoms with Gasteiger partial charge in [0.2, 0.25) is 5.91 Å². The Hall–Kier alpha value is -1.84. The van der Waals surface area contributed by atoms with Gasteiger partial charge in [0, 0.05) is 31.1 Å². The molecule has 2 aliphatic heterocycles. The molecule has 2 aromatic heterocycles. The van der Waals surface area contributed by atoms with Gasteiger partial charge in [0.15, 0.2) is 0 Å². The Labute approximate surface area is 149 Å². The Morgan fingerprint density at radius 3 is 2.76 bits per heavy atom. The topological polar surface area (TPSA) is 38.1 Å². The molecule has 1 saturated carbocycles. The second-order valence-corrected chi connectivity index (χ2v) is 8.42. The average molecular weight is 337 g/mol. The summed E-state index contributed by atoms with van der Waals surface area (Å²) in [6.07, 6.45) is 12.5. The summed E-state index contributed by atoms with van der Waals surface area (Å²) < 4.78 is 2.30. The molecule has 1 atom stereocenters. The highest BCUT2D eigenvalue weighted by molar-refractivity contribution is 5.78. The van der Waals surface area contributed by atoms with Gasteiger partial charge in [-0.3, -0.25) is 4.79 Å². The van der Waals surface area contributed by atoms with E-state index in [0.717, 1.165) is 37.3 Å². The van der Waals surface area contributed by atoms with Gasteiger partial charge in [-0.2, -0.15) is 0 Å². The molecule has 0 aromatic carbocycles. The summed E-state index contributed by atoms with van der Waals surface area (Å²) in [5.74, 6) is 0.350.